The zero-order valence-electron chi connectivity index (χ0n) is 14.9. The number of aliphatic carboxylic acids is 1. The van der Waals surface area contributed by atoms with E-state index >= 15 is 0 Å². The van der Waals surface area contributed by atoms with Gasteiger partial charge in [-0.1, -0.05) is 30.3 Å². The molecule has 1 unspecified atom stereocenters. The summed E-state index contributed by atoms with van der Waals surface area (Å²) in [5.74, 6) is 0.866. The van der Waals surface area contributed by atoms with Crippen molar-refractivity contribution in [2.45, 2.75) is 31.6 Å². The Morgan fingerprint density at radius 2 is 1.96 bits per heavy atom. The summed E-state index contributed by atoms with van der Waals surface area (Å²) >= 11 is 0. The number of hydrogen-bond acceptors (Lipinski definition) is 3. The molecule has 0 fully saturated rings. The second-order valence-corrected chi connectivity index (χ2v) is 6.99. The molecule has 0 saturated heterocycles. The van der Waals surface area contributed by atoms with Crippen molar-refractivity contribution in [2.24, 2.45) is 0 Å². The largest absolute Gasteiger partial charge is 0.481 e. The van der Waals surface area contributed by atoms with Gasteiger partial charge in [-0.25, -0.2) is 0 Å². The molecule has 3 aromatic rings. The quantitative estimate of drug-likeness (QED) is 0.589. The lowest BCUT2D eigenvalue weighted by Gasteiger charge is -2.25. The normalized spacial score (nSPS) is 15.9. The molecule has 1 atom stereocenters. The van der Waals surface area contributed by atoms with Crippen LogP contribution >= 0.6 is 0 Å². The fourth-order valence-electron chi connectivity index (χ4n) is 4.01. The molecule has 4 rings (SSSR count). The second kappa shape index (κ2) is 7.23. The lowest BCUT2D eigenvalue weighted by molar-refractivity contribution is -0.137. The maximum Gasteiger partial charge on any atom is 0.303 e. The molecule has 4 heteroatoms. The van der Waals surface area contributed by atoms with Gasteiger partial charge in [-0.2, -0.15) is 0 Å². The molecule has 0 amide bonds. The Hall–Kier alpha value is -3.14. The number of carboxylic acid groups (broad SMARTS) is 1. The van der Waals surface area contributed by atoms with E-state index in [9.17, 15) is 4.79 Å². The van der Waals surface area contributed by atoms with Crippen LogP contribution in [0.2, 0.25) is 0 Å². The van der Waals surface area contributed by atoms with E-state index in [1.807, 2.05) is 54.6 Å². The molecule has 3 aromatic carbocycles. The average molecular weight is 359 g/mol. The molecule has 1 aliphatic carbocycles. The molecule has 0 saturated carbocycles. The third-order valence-corrected chi connectivity index (χ3v) is 5.28. The summed E-state index contributed by atoms with van der Waals surface area (Å²) in [5.41, 5.74) is 3.19. The fraction of sp³-hybridized carbons (Fsp3) is 0.217. The molecule has 1 aliphatic rings. The molecule has 0 radical (unpaired) electrons. The summed E-state index contributed by atoms with van der Waals surface area (Å²) in [7, 11) is 0. The van der Waals surface area contributed by atoms with Crippen molar-refractivity contribution in [3.63, 3.8) is 0 Å². The molecule has 0 bridgehead atoms. The molecular weight excluding hydrogens is 338 g/mol. The van der Waals surface area contributed by atoms with Crippen molar-refractivity contribution in [3.05, 3.63) is 71.3 Å². The monoisotopic (exact) mass is 359 g/mol. The number of ether oxygens (including phenoxy) is 1. The van der Waals surface area contributed by atoms with Gasteiger partial charge in [-0.05, 0) is 66.0 Å². The van der Waals surface area contributed by atoms with Crippen LogP contribution in [0.15, 0.2) is 54.6 Å². The van der Waals surface area contributed by atoms with Crippen molar-refractivity contribution in [1.29, 1.82) is 5.41 Å². The standard InChI is InChI=1S/C23H21NO3/c24-14-17-8-11-22(21-7-2-1-6-20(17)21)27-18-9-10-19-15(12-18)4-3-5-16(19)13-23(25)26/h1-2,6-12,14,16,24H,3-5,13H2,(H,25,26). The van der Waals surface area contributed by atoms with Crippen LogP contribution in [0.5, 0.6) is 11.5 Å². The van der Waals surface area contributed by atoms with Crippen LogP contribution in [0.3, 0.4) is 0 Å². The lowest BCUT2D eigenvalue weighted by atomic mass is 9.81. The summed E-state index contributed by atoms with van der Waals surface area (Å²) in [4.78, 5) is 11.1. The number of hydrogen-bond donors (Lipinski definition) is 2. The van der Waals surface area contributed by atoms with Crippen molar-refractivity contribution in [3.8, 4) is 11.5 Å². The number of carboxylic acids is 1. The smallest absolute Gasteiger partial charge is 0.303 e. The van der Waals surface area contributed by atoms with Gasteiger partial charge in [0.05, 0.1) is 6.42 Å². The number of rotatable bonds is 5. The summed E-state index contributed by atoms with van der Waals surface area (Å²) in [6.07, 6.45) is 4.42. The third kappa shape index (κ3) is 3.43. The van der Waals surface area contributed by atoms with E-state index in [1.165, 1.54) is 11.8 Å². The van der Waals surface area contributed by atoms with E-state index in [2.05, 4.69) is 0 Å². The van der Waals surface area contributed by atoms with Crippen molar-refractivity contribution in [2.75, 3.05) is 0 Å². The van der Waals surface area contributed by atoms with Gasteiger partial charge in [-0.15, -0.1) is 0 Å². The molecule has 4 nitrogen and oxygen atoms in total. The summed E-state index contributed by atoms with van der Waals surface area (Å²) in [5, 5.41) is 18.7. The van der Waals surface area contributed by atoms with Crippen LogP contribution < -0.4 is 4.74 Å². The number of fused-ring (bicyclic) bond motifs is 2. The van der Waals surface area contributed by atoms with Crippen LogP contribution in [0.25, 0.3) is 10.8 Å². The Morgan fingerprint density at radius 3 is 2.74 bits per heavy atom. The SMILES string of the molecule is N=Cc1ccc(Oc2ccc3c(c2)CCCC3CC(=O)O)c2ccccc12. The minimum atomic E-state index is -0.745. The predicted octanol–water partition coefficient (Wildman–Crippen LogP) is 5.52. The van der Waals surface area contributed by atoms with Crippen molar-refractivity contribution >= 4 is 23.0 Å². The first-order chi connectivity index (χ1) is 13.2. The summed E-state index contributed by atoms with van der Waals surface area (Å²) < 4.78 is 6.18. The van der Waals surface area contributed by atoms with E-state index < -0.39 is 5.97 Å². The molecule has 0 spiro atoms. The number of carbonyl (C=O) groups is 1. The summed E-state index contributed by atoms with van der Waals surface area (Å²) in [6.45, 7) is 0. The van der Waals surface area contributed by atoms with Crippen LogP contribution in [-0.2, 0) is 11.2 Å². The van der Waals surface area contributed by atoms with Gasteiger partial charge in [0.1, 0.15) is 11.5 Å². The Morgan fingerprint density at radius 1 is 1.15 bits per heavy atom. The highest BCUT2D eigenvalue weighted by molar-refractivity contribution is 6.01. The van der Waals surface area contributed by atoms with Crippen molar-refractivity contribution < 1.29 is 14.6 Å². The number of benzene rings is 3. The minimum Gasteiger partial charge on any atom is -0.481 e. The van der Waals surface area contributed by atoms with Gasteiger partial charge in [0.15, 0.2) is 0 Å². The first kappa shape index (κ1) is 17.3. The molecular formula is C23H21NO3. The van der Waals surface area contributed by atoms with Gasteiger partial charge in [0, 0.05) is 17.2 Å². The van der Waals surface area contributed by atoms with E-state index in [1.54, 1.807) is 0 Å². The second-order valence-electron chi connectivity index (χ2n) is 6.99. The lowest BCUT2D eigenvalue weighted by Crippen LogP contribution is -2.13. The van der Waals surface area contributed by atoms with Crippen molar-refractivity contribution in [1.82, 2.24) is 0 Å². The van der Waals surface area contributed by atoms with Gasteiger partial charge >= 0.3 is 5.97 Å². The predicted molar refractivity (Wildman–Crippen MR) is 106 cm³/mol. The number of aryl methyl sites for hydroxylation is 1. The molecule has 0 aromatic heterocycles. The van der Waals surface area contributed by atoms with E-state index in [-0.39, 0.29) is 12.3 Å². The highest BCUT2D eigenvalue weighted by atomic mass is 16.5. The average Bonchev–Trinajstić information content (AvgIpc) is 2.68. The first-order valence-electron chi connectivity index (χ1n) is 9.20. The molecule has 0 aliphatic heterocycles. The summed E-state index contributed by atoms with van der Waals surface area (Å²) in [6, 6.07) is 17.7. The molecule has 2 N–H and O–H groups in total. The number of nitrogens with one attached hydrogen (secondary N) is 1. The van der Waals surface area contributed by atoms with Crippen LogP contribution in [0, 0.1) is 5.41 Å². The zero-order chi connectivity index (χ0) is 18.8. The van der Waals surface area contributed by atoms with Gasteiger partial charge in [0.25, 0.3) is 0 Å². The highest BCUT2D eigenvalue weighted by Gasteiger charge is 2.23. The topological polar surface area (TPSA) is 70.4 Å². The van der Waals surface area contributed by atoms with Gasteiger partial charge < -0.3 is 15.3 Å². The maximum absolute atomic E-state index is 11.1. The molecule has 136 valence electrons. The van der Waals surface area contributed by atoms with E-state index in [0.29, 0.717) is 0 Å². The van der Waals surface area contributed by atoms with E-state index in [4.69, 9.17) is 15.3 Å². The zero-order valence-corrected chi connectivity index (χ0v) is 14.9. The fourth-order valence-corrected chi connectivity index (χ4v) is 4.01. The van der Waals surface area contributed by atoms with E-state index in [0.717, 1.165) is 52.7 Å². The Bertz CT molecular complexity index is 1030. The van der Waals surface area contributed by atoms with Crippen LogP contribution in [-0.4, -0.2) is 17.3 Å². The molecule has 0 heterocycles. The van der Waals surface area contributed by atoms with Gasteiger partial charge in [-0.3, -0.25) is 4.79 Å². The van der Waals surface area contributed by atoms with Crippen LogP contribution in [0.1, 0.15) is 41.9 Å². The van der Waals surface area contributed by atoms with Crippen LogP contribution in [0.4, 0.5) is 0 Å². The Kier molecular flexibility index (Phi) is 4.63. The highest BCUT2D eigenvalue weighted by Crippen LogP contribution is 2.38. The maximum atomic E-state index is 11.1. The van der Waals surface area contributed by atoms with Gasteiger partial charge in [0.2, 0.25) is 0 Å². The minimum absolute atomic E-state index is 0.0907. The first-order valence-corrected chi connectivity index (χ1v) is 9.20. The Balaban J connectivity index is 1.67. The molecule has 27 heavy (non-hydrogen) atoms. The Labute approximate surface area is 157 Å². The third-order valence-electron chi connectivity index (χ3n) is 5.28.